The number of methoxy groups -OCH3 is 1. The number of benzene rings is 3. The van der Waals surface area contributed by atoms with Gasteiger partial charge in [0.25, 0.3) is 0 Å². The molecule has 0 saturated carbocycles. The smallest absolute Gasteiger partial charge is 0.161 e. The number of ether oxygens (including phenoxy) is 2. The standard InChI is InChI=1S/C25H27Cl2NO2/c1-18(8-9-19-6-4-3-5-7-19)28-16-20-10-13-24(25(14-20)29-2)30-17-21-11-12-22(26)15-23(21)27/h3-7,10-15,18,28H,8-9,16-17H2,1-2H3. The van der Waals surface area contributed by atoms with E-state index in [9.17, 15) is 0 Å². The summed E-state index contributed by atoms with van der Waals surface area (Å²) in [4.78, 5) is 0. The molecule has 3 aromatic carbocycles. The van der Waals surface area contributed by atoms with E-state index in [0.717, 1.165) is 30.5 Å². The molecule has 0 aliphatic heterocycles. The van der Waals surface area contributed by atoms with E-state index >= 15 is 0 Å². The van der Waals surface area contributed by atoms with Crippen LogP contribution in [0.25, 0.3) is 0 Å². The molecule has 0 aromatic heterocycles. The van der Waals surface area contributed by atoms with Crippen LogP contribution < -0.4 is 14.8 Å². The summed E-state index contributed by atoms with van der Waals surface area (Å²) in [5, 5.41) is 4.78. The number of hydrogen-bond donors (Lipinski definition) is 1. The van der Waals surface area contributed by atoms with Gasteiger partial charge in [-0.25, -0.2) is 0 Å². The normalized spacial score (nSPS) is 11.9. The molecule has 0 bridgehead atoms. The SMILES string of the molecule is COc1cc(CNC(C)CCc2ccccc2)ccc1OCc1ccc(Cl)cc1Cl. The predicted molar refractivity (Wildman–Crippen MR) is 125 cm³/mol. The van der Waals surface area contributed by atoms with Crippen LogP contribution in [0.4, 0.5) is 0 Å². The van der Waals surface area contributed by atoms with Crippen molar-refractivity contribution in [2.24, 2.45) is 0 Å². The Hall–Kier alpha value is -2.20. The second kappa shape index (κ2) is 11.3. The number of rotatable bonds is 10. The van der Waals surface area contributed by atoms with Crippen molar-refractivity contribution >= 4 is 23.2 Å². The fourth-order valence-corrected chi connectivity index (χ4v) is 3.62. The minimum absolute atomic E-state index is 0.348. The summed E-state index contributed by atoms with van der Waals surface area (Å²) in [6.45, 7) is 3.34. The molecular formula is C25H27Cl2NO2. The number of nitrogens with one attached hydrogen (secondary N) is 1. The van der Waals surface area contributed by atoms with Gasteiger partial charge >= 0.3 is 0 Å². The Labute approximate surface area is 188 Å². The number of halogens is 2. The van der Waals surface area contributed by atoms with Gasteiger partial charge in [-0.1, -0.05) is 65.7 Å². The molecule has 0 aliphatic carbocycles. The molecule has 3 aromatic rings. The maximum absolute atomic E-state index is 6.23. The van der Waals surface area contributed by atoms with E-state index in [2.05, 4.69) is 48.6 Å². The Kier molecular flexibility index (Phi) is 8.44. The van der Waals surface area contributed by atoms with Crippen LogP contribution in [0.1, 0.15) is 30.0 Å². The number of hydrogen-bond acceptors (Lipinski definition) is 3. The Morgan fingerprint density at radius 1 is 0.900 bits per heavy atom. The summed E-state index contributed by atoms with van der Waals surface area (Å²) >= 11 is 12.2. The maximum Gasteiger partial charge on any atom is 0.161 e. The van der Waals surface area contributed by atoms with Crippen LogP contribution in [-0.2, 0) is 19.6 Å². The van der Waals surface area contributed by atoms with E-state index in [1.54, 1.807) is 19.2 Å². The average molecular weight is 444 g/mol. The third-order valence-electron chi connectivity index (χ3n) is 4.99. The highest BCUT2D eigenvalue weighted by Crippen LogP contribution is 2.30. The molecule has 3 rings (SSSR count). The minimum atomic E-state index is 0.348. The van der Waals surface area contributed by atoms with Crippen molar-refractivity contribution in [1.82, 2.24) is 5.32 Å². The van der Waals surface area contributed by atoms with Gasteiger partial charge in [0.05, 0.1) is 7.11 Å². The van der Waals surface area contributed by atoms with Gasteiger partial charge < -0.3 is 14.8 Å². The van der Waals surface area contributed by atoms with E-state index in [-0.39, 0.29) is 0 Å². The molecule has 0 aliphatic rings. The molecule has 1 atom stereocenters. The first-order valence-corrected chi connectivity index (χ1v) is 10.8. The van der Waals surface area contributed by atoms with Crippen LogP contribution in [0.2, 0.25) is 10.0 Å². The third kappa shape index (κ3) is 6.66. The first-order chi connectivity index (χ1) is 14.5. The van der Waals surface area contributed by atoms with Crippen LogP contribution >= 0.6 is 23.2 Å². The zero-order valence-corrected chi connectivity index (χ0v) is 18.8. The molecule has 1 N–H and O–H groups in total. The van der Waals surface area contributed by atoms with E-state index in [1.165, 1.54) is 5.56 Å². The zero-order chi connectivity index (χ0) is 21.3. The third-order valence-corrected chi connectivity index (χ3v) is 5.58. The van der Waals surface area contributed by atoms with Gasteiger partial charge in [0.1, 0.15) is 6.61 Å². The Morgan fingerprint density at radius 2 is 1.70 bits per heavy atom. The van der Waals surface area contributed by atoms with Gasteiger partial charge in [-0.05, 0) is 55.2 Å². The highest BCUT2D eigenvalue weighted by atomic mass is 35.5. The summed E-state index contributed by atoms with van der Waals surface area (Å²) in [6, 6.07) is 22.4. The molecule has 0 saturated heterocycles. The van der Waals surface area contributed by atoms with Gasteiger partial charge in [0.2, 0.25) is 0 Å². The van der Waals surface area contributed by atoms with E-state index in [0.29, 0.717) is 34.2 Å². The van der Waals surface area contributed by atoms with Crippen molar-refractivity contribution in [1.29, 1.82) is 0 Å². The maximum atomic E-state index is 6.23. The molecule has 0 spiro atoms. The summed E-state index contributed by atoms with van der Waals surface area (Å²) in [5.74, 6) is 1.39. The summed E-state index contributed by atoms with van der Waals surface area (Å²) in [6.07, 6.45) is 2.16. The Bertz CT molecular complexity index is 947. The van der Waals surface area contributed by atoms with Crippen LogP contribution in [-0.4, -0.2) is 13.2 Å². The second-order valence-corrected chi connectivity index (χ2v) is 8.16. The lowest BCUT2D eigenvalue weighted by molar-refractivity contribution is 0.284. The lowest BCUT2D eigenvalue weighted by atomic mass is 10.1. The van der Waals surface area contributed by atoms with Crippen molar-refractivity contribution in [3.05, 3.63) is 93.5 Å². The molecule has 30 heavy (non-hydrogen) atoms. The van der Waals surface area contributed by atoms with Gasteiger partial charge in [-0.15, -0.1) is 0 Å². The van der Waals surface area contributed by atoms with Crippen LogP contribution in [0.3, 0.4) is 0 Å². The van der Waals surface area contributed by atoms with Crippen molar-refractivity contribution in [3.63, 3.8) is 0 Å². The van der Waals surface area contributed by atoms with Crippen LogP contribution in [0, 0.1) is 0 Å². The van der Waals surface area contributed by atoms with E-state index in [4.69, 9.17) is 32.7 Å². The van der Waals surface area contributed by atoms with Gasteiger partial charge in [-0.2, -0.15) is 0 Å². The van der Waals surface area contributed by atoms with Crippen molar-refractivity contribution in [2.75, 3.05) is 7.11 Å². The monoisotopic (exact) mass is 443 g/mol. The molecule has 0 fully saturated rings. The van der Waals surface area contributed by atoms with Crippen LogP contribution in [0.5, 0.6) is 11.5 Å². The lowest BCUT2D eigenvalue weighted by Gasteiger charge is -2.16. The lowest BCUT2D eigenvalue weighted by Crippen LogP contribution is -2.26. The molecule has 5 heteroatoms. The van der Waals surface area contributed by atoms with E-state index < -0.39 is 0 Å². The largest absolute Gasteiger partial charge is 0.493 e. The van der Waals surface area contributed by atoms with Gasteiger partial charge in [-0.3, -0.25) is 0 Å². The fourth-order valence-electron chi connectivity index (χ4n) is 3.16. The Balaban J connectivity index is 1.53. The average Bonchev–Trinajstić information content (AvgIpc) is 2.76. The van der Waals surface area contributed by atoms with Crippen molar-refractivity contribution < 1.29 is 9.47 Å². The van der Waals surface area contributed by atoms with Crippen molar-refractivity contribution in [3.8, 4) is 11.5 Å². The molecule has 0 heterocycles. The zero-order valence-electron chi connectivity index (χ0n) is 17.3. The fraction of sp³-hybridized carbons (Fsp3) is 0.280. The van der Waals surface area contributed by atoms with Gasteiger partial charge in [0, 0.05) is 28.2 Å². The molecular weight excluding hydrogens is 417 g/mol. The predicted octanol–water partition coefficient (Wildman–Crippen LogP) is 6.69. The van der Waals surface area contributed by atoms with Gasteiger partial charge in [0.15, 0.2) is 11.5 Å². The highest BCUT2D eigenvalue weighted by molar-refractivity contribution is 6.35. The minimum Gasteiger partial charge on any atom is -0.493 e. The molecule has 0 radical (unpaired) electrons. The molecule has 158 valence electrons. The summed E-state index contributed by atoms with van der Waals surface area (Å²) in [7, 11) is 1.65. The molecule has 0 amide bonds. The topological polar surface area (TPSA) is 30.5 Å². The highest BCUT2D eigenvalue weighted by Gasteiger charge is 2.09. The van der Waals surface area contributed by atoms with Crippen molar-refractivity contribution in [2.45, 2.75) is 39.0 Å². The molecule has 1 unspecified atom stereocenters. The summed E-state index contributed by atoms with van der Waals surface area (Å²) < 4.78 is 11.5. The second-order valence-electron chi connectivity index (χ2n) is 7.32. The Morgan fingerprint density at radius 3 is 2.43 bits per heavy atom. The van der Waals surface area contributed by atoms with E-state index in [1.807, 2.05) is 18.2 Å². The molecule has 3 nitrogen and oxygen atoms in total. The summed E-state index contributed by atoms with van der Waals surface area (Å²) in [5.41, 5.74) is 3.39. The first kappa shape index (κ1) is 22.5. The first-order valence-electron chi connectivity index (χ1n) is 10.1. The quantitative estimate of drug-likeness (QED) is 0.378. The number of aryl methyl sites for hydroxylation is 1. The van der Waals surface area contributed by atoms with Crippen LogP contribution in [0.15, 0.2) is 66.7 Å².